The van der Waals surface area contributed by atoms with E-state index in [0.717, 1.165) is 11.1 Å². The quantitative estimate of drug-likeness (QED) is 0.318. The van der Waals surface area contributed by atoms with E-state index < -0.39 is 0 Å². The van der Waals surface area contributed by atoms with Crippen LogP contribution in [0.3, 0.4) is 0 Å². The highest BCUT2D eigenvalue weighted by Gasteiger charge is 2.12. The Hall–Kier alpha value is -3.78. The van der Waals surface area contributed by atoms with Crippen LogP contribution in [0.15, 0.2) is 54.6 Å². The second kappa shape index (κ2) is 11.2. The van der Waals surface area contributed by atoms with Crippen LogP contribution < -0.4 is 29.6 Å². The van der Waals surface area contributed by atoms with Gasteiger partial charge in [-0.25, -0.2) is 4.39 Å². The Labute approximate surface area is 197 Å². The average molecular weight is 469 g/mol. The van der Waals surface area contributed by atoms with Gasteiger partial charge in [0.25, 0.3) is 0 Å². The van der Waals surface area contributed by atoms with Gasteiger partial charge in [-0.15, -0.1) is 0 Å². The smallest absolute Gasteiger partial charge is 0.203 e. The van der Waals surface area contributed by atoms with Gasteiger partial charge in [-0.1, -0.05) is 18.2 Å². The topological polar surface area (TPSA) is 61.0 Å². The molecule has 172 valence electrons. The SMILES string of the molecule is COc1ccc(/C=C\c2cc(OC)c(OC)c(OC)c2)cc1NC(=S)Nc1ccc(F)cc1. The molecule has 0 fully saturated rings. The van der Waals surface area contributed by atoms with Crippen molar-refractivity contribution >= 4 is 40.9 Å². The Morgan fingerprint density at radius 3 is 1.91 bits per heavy atom. The number of thiocarbonyl (C=S) groups is 1. The lowest BCUT2D eigenvalue weighted by Crippen LogP contribution is -2.19. The molecule has 0 saturated heterocycles. The average Bonchev–Trinajstić information content (AvgIpc) is 2.83. The molecule has 0 bridgehead atoms. The largest absolute Gasteiger partial charge is 0.495 e. The van der Waals surface area contributed by atoms with Crippen LogP contribution in [0.5, 0.6) is 23.0 Å². The number of anilines is 2. The monoisotopic (exact) mass is 468 g/mol. The van der Waals surface area contributed by atoms with Gasteiger partial charge in [-0.05, 0) is 71.9 Å². The molecule has 8 heteroatoms. The molecule has 0 aromatic heterocycles. The van der Waals surface area contributed by atoms with Gasteiger partial charge in [0.1, 0.15) is 11.6 Å². The number of nitrogens with one attached hydrogen (secondary N) is 2. The molecule has 3 aromatic rings. The zero-order valence-electron chi connectivity index (χ0n) is 18.8. The molecule has 3 rings (SSSR count). The van der Waals surface area contributed by atoms with Crippen molar-refractivity contribution in [3.63, 3.8) is 0 Å². The first-order valence-corrected chi connectivity index (χ1v) is 10.4. The Morgan fingerprint density at radius 1 is 0.727 bits per heavy atom. The first kappa shape index (κ1) is 23.9. The molecule has 0 heterocycles. The molecule has 0 amide bonds. The molecule has 6 nitrogen and oxygen atoms in total. The lowest BCUT2D eigenvalue weighted by molar-refractivity contribution is 0.324. The molecule has 0 spiro atoms. The Bertz CT molecular complexity index is 1120. The molecular formula is C25H25FN2O4S. The van der Waals surface area contributed by atoms with Gasteiger partial charge in [-0.3, -0.25) is 0 Å². The van der Waals surface area contributed by atoms with E-state index in [1.165, 1.54) is 12.1 Å². The summed E-state index contributed by atoms with van der Waals surface area (Å²) in [5.74, 6) is 2.00. The first-order valence-electron chi connectivity index (χ1n) is 9.97. The molecule has 2 N–H and O–H groups in total. The number of hydrogen-bond donors (Lipinski definition) is 2. The molecule has 0 radical (unpaired) electrons. The van der Waals surface area contributed by atoms with Crippen molar-refractivity contribution < 1.29 is 23.3 Å². The highest BCUT2D eigenvalue weighted by molar-refractivity contribution is 7.80. The third-order valence-corrected chi connectivity index (χ3v) is 4.93. The van der Waals surface area contributed by atoms with E-state index in [4.69, 9.17) is 31.2 Å². The molecule has 0 aliphatic rings. The van der Waals surface area contributed by atoms with Crippen LogP contribution in [0.25, 0.3) is 12.2 Å². The Kier molecular flexibility index (Phi) is 8.10. The van der Waals surface area contributed by atoms with Crippen molar-refractivity contribution in [1.29, 1.82) is 0 Å². The summed E-state index contributed by atoms with van der Waals surface area (Å²) in [6, 6.07) is 15.3. The van der Waals surface area contributed by atoms with Gasteiger partial charge >= 0.3 is 0 Å². The first-order chi connectivity index (χ1) is 16.0. The second-order valence-corrected chi connectivity index (χ2v) is 7.25. The number of halogens is 1. The van der Waals surface area contributed by atoms with Gasteiger partial charge in [0, 0.05) is 5.69 Å². The number of ether oxygens (including phenoxy) is 4. The fraction of sp³-hybridized carbons (Fsp3) is 0.160. The number of methoxy groups -OCH3 is 4. The molecule has 0 aliphatic heterocycles. The van der Waals surface area contributed by atoms with Crippen LogP contribution in [0.4, 0.5) is 15.8 Å². The maximum absolute atomic E-state index is 13.1. The van der Waals surface area contributed by atoms with Crippen molar-refractivity contribution in [3.05, 3.63) is 71.5 Å². The summed E-state index contributed by atoms with van der Waals surface area (Å²) in [6.07, 6.45) is 3.88. The molecule has 0 aliphatic carbocycles. The van der Waals surface area contributed by atoms with Crippen molar-refractivity contribution in [3.8, 4) is 23.0 Å². The standard InChI is InChI=1S/C25H25FN2O4S/c1-29-21-12-7-16(5-6-17-14-22(30-2)24(32-4)23(15-17)31-3)13-20(21)28-25(33)27-19-10-8-18(26)9-11-19/h5-15H,1-4H3,(H2,27,28,33)/b6-5-. The predicted molar refractivity (Wildman–Crippen MR) is 134 cm³/mol. The molecule has 0 atom stereocenters. The summed E-state index contributed by atoms with van der Waals surface area (Å²) in [5.41, 5.74) is 3.15. The highest BCUT2D eigenvalue weighted by atomic mass is 32.1. The second-order valence-electron chi connectivity index (χ2n) is 6.84. The van der Waals surface area contributed by atoms with Crippen LogP contribution in [0.2, 0.25) is 0 Å². The van der Waals surface area contributed by atoms with Crippen molar-refractivity contribution in [1.82, 2.24) is 0 Å². The predicted octanol–water partition coefficient (Wildman–Crippen LogP) is 5.84. The highest BCUT2D eigenvalue weighted by Crippen LogP contribution is 2.38. The van der Waals surface area contributed by atoms with E-state index in [9.17, 15) is 4.39 Å². The maximum Gasteiger partial charge on any atom is 0.203 e. The number of hydrogen-bond acceptors (Lipinski definition) is 5. The maximum atomic E-state index is 13.1. The van der Waals surface area contributed by atoms with Gasteiger partial charge in [0.05, 0.1) is 34.1 Å². The van der Waals surface area contributed by atoms with Gasteiger partial charge in [0.2, 0.25) is 5.75 Å². The van der Waals surface area contributed by atoms with E-state index >= 15 is 0 Å². The molecule has 0 unspecified atom stereocenters. The van der Waals surface area contributed by atoms with Crippen LogP contribution in [-0.4, -0.2) is 33.6 Å². The zero-order chi connectivity index (χ0) is 23.8. The summed E-state index contributed by atoms with van der Waals surface area (Å²) in [7, 11) is 6.31. The van der Waals surface area contributed by atoms with Crippen molar-refractivity contribution in [2.45, 2.75) is 0 Å². The van der Waals surface area contributed by atoms with E-state index in [0.29, 0.717) is 39.5 Å². The summed E-state index contributed by atoms with van der Waals surface area (Å²) >= 11 is 5.39. The molecular weight excluding hydrogens is 443 g/mol. The summed E-state index contributed by atoms with van der Waals surface area (Å²) < 4.78 is 34.8. The summed E-state index contributed by atoms with van der Waals surface area (Å²) in [6.45, 7) is 0. The Balaban J connectivity index is 1.81. The fourth-order valence-corrected chi connectivity index (χ4v) is 3.36. The van der Waals surface area contributed by atoms with Crippen molar-refractivity contribution in [2.75, 3.05) is 39.1 Å². The van der Waals surface area contributed by atoms with Crippen molar-refractivity contribution in [2.24, 2.45) is 0 Å². The lowest BCUT2D eigenvalue weighted by atomic mass is 10.1. The minimum atomic E-state index is -0.312. The van der Waals surface area contributed by atoms with Gasteiger partial charge in [-0.2, -0.15) is 0 Å². The normalized spacial score (nSPS) is 10.6. The minimum Gasteiger partial charge on any atom is -0.495 e. The summed E-state index contributed by atoms with van der Waals surface area (Å²) in [4.78, 5) is 0. The Morgan fingerprint density at radius 2 is 1.33 bits per heavy atom. The summed E-state index contributed by atoms with van der Waals surface area (Å²) in [5, 5.41) is 6.50. The number of rotatable bonds is 8. The van der Waals surface area contributed by atoms with E-state index in [2.05, 4.69) is 10.6 Å². The molecule has 33 heavy (non-hydrogen) atoms. The minimum absolute atomic E-state index is 0.312. The van der Waals surface area contributed by atoms with E-state index in [1.54, 1.807) is 40.6 Å². The van der Waals surface area contributed by atoms with Crippen LogP contribution in [-0.2, 0) is 0 Å². The molecule has 3 aromatic carbocycles. The third-order valence-electron chi connectivity index (χ3n) is 4.73. The van der Waals surface area contributed by atoms with Crippen LogP contribution >= 0.6 is 12.2 Å². The third kappa shape index (κ3) is 6.14. The van der Waals surface area contributed by atoms with E-state index in [-0.39, 0.29) is 5.82 Å². The number of benzene rings is 3. The lowest BCUT2D eigenvalue weighted by Gasteiger charge is -2.14. The fourth-order valence-electron chi connectivity index (χ4n) is 3.13. The van der Waals surface area contributed by atoms with Gasteiger partial charge < -0.3 is 29.6 Å². The van der Waals surface area contributed by atoms with Crippen LogP contribution in [0.1, 0.15) is 11.1 Å². The van der Waals surface area contributed by atoms with E-state index in [1.807, 2.05) is 42.5 Å². The zero-order valence-corrected chi connectivity index (χ0v) is 19.6. The van der Waals surface area contributed by atoms with Crippen LogP contribution in [0, 0.1) is 5.82 Å². The molecule has 0 saturated carbocycles. The van der Waals surface area contributed by atoms with Gasteiger partial charge in [0.15, 0.2) is 16.6 Å².